The van der Waals surface area contributed by atoms with Crippen LogP contribution in [-0.4, -0.2) is 66.3 Å². The Morgan fingerprint density at radius 1 is 1.35 bits per heavy atom. The maximum Gasteiger partial charge on any atom is 0.329 e. The molecule has 6 heteroatoms. The summed E-state index contributed by atoms with van der Waals surface area (Å²) in [6.45, 7) is 5.22. The van der Waals surface area contributed by atoms with E-state index in [0.717, 1.165) is 0 Å². The van der Waals surface area contributed by atoms with E-state index in [9.17, 15) is 9.59 Å². The number of amides is 2. The predicted octanol–water partition coefficient (Wildman–Crippen LogP) is 0.868. The highest BCUT2D eigenvalue weighted by Gasteiger charge is 2.37. The second kappa shape index (κ2) is 5.86. The molecule has 0 fully saturated rings. The molecule has 0 aromatic heterocycles. The van der Waals surface area contributed by atoms with Crippen molar-refractivity contribution in [2.45, 2.75) is 32.4 Å². The second-order valence-corrected chi connectivity index (χ2v) is 4.62. The van der Waals surface area contributed by atoms with Crippen molar-refractivity contribution in [2.75, 3.05) is 27.8 Å². The third-order valence-electron chi connectivity index (χ3n) is 3.02. The lowest BCUT2D eigenvalue weighted by Crippen LogP contribution is -2.56. The number of rotatable bonds is 5. The van der Waals surface area contributed by atoms with Gasteiger partial charge in [-0.25, -0.2) is 9.59 Å². The summed E-state index contributed by atoms with van der Waals surface area (Å²) >= 11 is 0. The van der Waals surface area contributed by atoms with Gasteiger partial charge >= 0.3 is 12.0 Å². The number of carboxylic acid groups (broad SMARTS) is 1. The number of carboxylic acids is 1. The fourth-order valence-electron chi connectivity index (χ4n) is 1.16. The van der Waals surface area contributed by atoms with Crippen LogP contribution in [0.5, 0.6) is 0 Å². The number of carbonyl (C=O) groups is 2. The molecule has 0 saturated heterocycles. The number of ether oxygens (including phenoxy) is 1. The van der Waals surface area contributed by atoms with E-state index in [2.05, 4.69) is 0 Å². The van der Waals surface area contributed by atoms with Crippen LogP contribution in [-0.2, 0) is 9.53 Å². The van der Waals surface area contributed by atoms with E-state index >= 15 is 0 Å². The van der Waals surface area contributed by atoms with Crippen LogP contribution in [0.15, 0.2) is 0 Å². The van der Waals surface area contributed by atoms with E-state index in [1.165, 1.54) is 30.7 Å². The van der Waals surface area contributed by atoms with Gasteiger partial charge in [-0.15, -0.1) is 0 Å². The van der Waals surface area contributed by atoms with Crippen molar-refractivity contribution < 1.29 is 19.4 Å². The number of likely N-dealkylation sites (N-methyl/N-ethyl adjacent to an activating group) is 2. The van der Waals surface area contributed by atoms with Gasteiger partial charge in [-0.2, -0.15) is 0 Å². The molecule has 17 heavy (non-hydrogen) atoms. The number of hydrogen-bond donors (Lipinski definition) is 1. The van der Waals surface area contributed by atoms with E-state index in [0.29, 0.717) is 6.61 Å². The number of urea groups is 1. The lowest BCUT2D eigenvalue weighted by molar-refractivity contribution is -0.147. The highest BCUT2D eigenvalue weighted by molar-refractivity contribution is 5.85. The molecule has 2 amide bonds. The lowest BCUT2D eigenvalue weighted by atomic mass is 10.0. The van der Waals surface area contributed by atoms with Crippen molar-refractivity contribution in [3.05, 3.63) is 0 Å². The molecule has 0 saturated carbocycles. The summed E-state index contributed by atoms with van der Waals surface area (Å²) in [4.78, 5) is 25.8. The van der Waals surface area contributed by atoms with Crippen molar-refractivity contribution in [1.29, 1.82) is 0 Å². The molecule has 6 nitrogen and oxygen atoms in total. The Kier molecular flexibility index (Phi) is 5.41. The Balaban J connectivity index is 4.76. The predicted molar refractivity (Wildman–Crippen MR) is 64.0 cm³/mol. The van der Waals surface area contributed by atoms with Gasteiger partial charge in [0.1, 0.15) is 5.54 Å². The summed E-state index contributed by atoms with van der Waals surface area (Å²) in [5.41, 5.74) is -1.24. The van der Waals surface area contributed by atoms with Crippen molar-refractivity contribution in [2.24, 2.45) is 0 Å². The third kappa shape index (κ3) is 3.59. The average molecular weight is 246 g/mol. The zero-order chi connectivity index (χ0) is 13.8. The molecule has 0 aromatic rings. The van der Waals surface area contributed by atoms with Crippen LogP contribution in [0.3, 0.4) is 0 Å². The van der Waals surface area contributed by atoms with Gasteiger partial charge in [0.2, 0.25) is 0 Å². The molecule has 1 unspecified atom stereocenters. The van der Waals surface area contributed by atoms with Crippen LogP contribution < -0.4 is 0 Å². The number of hydrogen-bond acceptors (Lipinski definition) is 3. The number of aliphatic carboxylic acids is 1. The van der Waals surface area contributed by atoms with Gasteiger partial charge in [0.25, 0.3) is 0 Å². The van der Waals surface area contributed by atoms with Gasteiger partial charge in [-0.3, -0.25) is 0 Å². The molecule has 0 aliphatic rings. The topological polar surface area (TPSA) is 70.1 Å². The fourth-order valence-corrected chi connectivity index (χ4v) is 1.16. The second-order valence-electron chi connectivity index (χ2n) is 4.62. The molecule has 1 N–H and O–H groups in total. The zero-order valence-electron chi connectivity index (χ0n) is 11.4. The molecule has 0 aliphatic carbocycles. The maximum atomic E-state index is 12.0. The van der Waals surface area contributed by atoms with Crippen LogP contribution in [0.1, 0.15) is 20.8 Å². The Morgan fingerprint density at radius 2 is 1.82 bits per heavy atom. The van der Waals surface area contributed by atoms with Gasteiger partial charge < -0.3 is 19.6 Å². The number of methoxy groups -OCH3 is 1. The third-order valence-corrected chi connectivity index (χ3v) is 3.02. The highest BCUT2D eigenvalue weighted by atomic mass is 16.5. The van der Waals surface area contributed by atoms with Crippen molar-refractivity contribution in [1.82, 2.24) is 9.80 Å². The first kappa shape index (κ1) is 15.7. The molecule has 1 atom stereocenters. The summed E-state index contributed by atoms with van der Waals surface area (Å²) in [6.07, 6.45) is 0. The van der Waals surface area contributed by atoms with E-state index in [1.54, 1.807) is 14.2 Å². The summed E-state index contributed by atoms with van der Waals surface area (Å²) in [7, 11) is 4.66. The van der Waals surface area contributed by atoms with Crippen molar-refractivity contribution >= 4 is 12.0 Å². The summed E-state index contributed by atoms with van der Waals surface area (Å²) < 4.78 is 4.96. The lowest BCUT2D eigenvalue weighted by Gasteiger charge is -2.36. The fraction of sp³-hybridized carbons (Fsp3) is 0.818. The molecule has 0 aromatic carbocycles. The van der Waals surface area contributed by atoms with Gasteiger partial charge in [-0.1, -0.05) is 0 Å². The van der Waals surface area contributed by atoms with Crippen LogP contribution in [0.2, 0.25) is 0 Å². The minimum absolute atomic E-state index is 0.112. The molecule has 0 radical (unpaired) electrons. The Bertz CT molecular complexity index is 291. The molecule has 0 aliphatic heterocycles. The molecule has 0 spiro atoms. The monoisotopic (exact) mass is 246 g/mol. The van der Waals surface area contributed by atoms with E-state index in [-0.39, 0.29) is 12.1 Å². The number of carbonyl (C=O) groups excluding carboxylic acids is 1. The van der Waals surface area contributed by atoms with Crippen LogP contribution in [0.4, 0.5) is 4.79 Å². The minimum Gasteiger partial charge on any atom is -0.480 e. The van der Waals surface area contributed by atoms with Crippen LogP contribution >= 0.6 is 0 Å². The minimum atomic E-state index is -1.24. The molecular weight excluding hydrogens is 224 g/mol. The Labute approximate surface area is 102 Å². The Morgan fingerprint density at radius 3 is 2.18 bits per heavy atom. The average Bonchev–Trinajstić information content (AvgIpc) is 2.25. The van der Waals surface area contributed by atoms with Crippen LogP contribution in [0, 0.1) is 0 Å². The molecule has 0 bridgehead atoms. The first-order valence-corrected chi connectivity index (χ1v) is 5.39. The first-order chi connectivity index (χ1) is 7.66. The maximum absolute atomic E-state index is 12.0. The smallest absolute Gasteiger partial charge is 0.329 e. The highest BCUT2D eigenvalue weighted by Crippen LogP contribution is 2.15. The number of nitrogens with zero attached hydrogens (tertiary/aromatic N) is 2. The molecular formula is C11H22N2O4. The molecule has 0 rings (SSSR count). The van der Waals surface area contributed by atoms with Crippen LogP contribution in [0.25, 0.3) is 0 Å². The van der Waals surface area contributed by atoms with Gasteiger partial charge in [0.15, 0.2) is 0 Å². The van der Waals surface area contributed by atoms with Gasteiger partial charge in [0.05, 0.1) is 12.6 Å². The molecule has 100 valence electrons. The van der Waals surface area contributed by atoms with Crippen molar-refractivity contribution in [3.63, 3.8) is 0 Å². The summed E-state index contributed by atoms with van der Waals surface area (Å²) in [5.74, 6) is -1.04. The quantitative estimate of drug-likeness (QED) is 0.781. The first-order valence-electron chi connectivity index (χ1n) is 5.39. The zero-order valence-corrected chi connectivity index (χ0v) is 11.4. The normalized spacial score (nSPS) is 13.1. The SMILES string of the molecule is COCC(C)N(C)C(=O)N(C)C(C)(C)C(=O)O. The van der Waals surface area contributed by atoms with Gasteiger partial charge in [0, 0.05) is 21.2 Å². The van der Waals surface area contributed by atoms with Gasteiger partial charge in [-0.05, 0) is 20.8 Å². The van der Waals surface area contributed by atoms with E-state index in [1.807, 2.05) is 6.92 Å². The summed E-state index contributed by atoms with van der Waals surface area (Å²) in [6, 6.07) is -0.457. The van der Waals surface area contributed by atoms with E-state index < -0.39 is 11.5 Å². The Hall–Kier alpha value is -1.30. The van der Waals surface area contributed by atoms with E-state index in [4.69, 9.17) is 9.84 Å². The largest absolute Gasteiger partial charge is 0.480 e. The summed E-state index contributed by atoms with van der Waals surface area (Å²) in [5, 5.41) is 9.05. The molecule has 0 heterocycles. The van der Waals surface area contributed by atoms with Crippen molar-refractivity contribution in [3.8, 4) is 0 Å². The standard InChI is InChI=1S/C11H22N2O4/c1-8(7-17-6)12(4)10(16)13(5)11(2,3)9(14)15/h8H,7H2,1-6H3,(H,14,15).